The van der Waals surface area contributed by atoms with Gasteiger partial charge in [-0.3, -0.25) is 4.79 Å². The number of rotatable bonds is 6. The van der Waals surface area contributed by atoms with E-state index >= 15 is 0 Å². The zero-order chi connectivity index (χ0) is 16.9. The fraction of sp³-hybridized carbons (Fsp3) is 0.263. The van der Waals surface area contributed by atoms with Gasteiger partial charge < -0.3 is 13.9 Å². The first-order valence-corrected chi connectivity index (χ1v) is 8.01. The molecule has 3 rings (SSSR count). The molecule has 1 amide bonds. The Bertz CT molecular complexity index is 872. The van der Waals surface area contributed by atoms with Crippen LogP contribution in [0.4, 0.5) is 0 Å². The molecule has 24 heavy (non-hydrogen) atoms. The molecule has 0 bridgehead atoms. The van der Waals surface area contributed by atoms with E-state index in [0.29, 0.717) is 37.5 Å². The van der Waals surface area contributed by atoms with Gasteiger partial charge in [0.25, 0.3) is 5.91 Å². The maximum Gasteiger partial charge on any atom is 0.270 e. The molecule has 0 aliphatic heterocycles. The standard InChI is InChI=1S/C19H19N3O2/c1-2-22-17-9-4-3-7-15(17)13-18(22)19(23)21(11-6-10-20)14-16-8-5-12-24-16/h3-5,7-9,12-13H,2,6,11,14H2,1H3. The number of aryl methyl sites for hydroxylation is 1. The molecule has 0 atom stereocenters. The van der Waals surface area contributed by atoms with Gasteiger partial charge in [0, 0.05) is 24.0 Å². The minimum absolute atomic E-state index is 0.0836. The normalized spacial score (nSPS) is 10.7. The molecule has 1 aromatic carbocycles. The fourth-order valence-corrected chi connectivity index (χ4v) is 2.92. The number of furan rings is 1. The van der Waals surface area contributed by atoms with Gasteiger partial charge >= 0.3 is 0 Å². The lowest BCUT2D eigenvalue weighted by Gasteiger charge is -2.21. The van der Waals surface area contributed by atoms with Crippen molar-refractivity contribution in [1.82, 2.24) is 9.47 Å². The molecule has 0 aliphatic carbocycles. The lowest BCUT2D eigenvalue weighted by molar-refractivity contribution is 0.0725. The number of carbonyl (C=O) groups excluding carboxylic acids is 1. The maximum atomic E-state index is 13.1. The Balaban J connectivity index is 1.95. The van der Waals surface area contributed by atoms with Crippen LogP contribution in [0.2, 0.25) is 0 Å². The minimum atomic E-state index is -0.0836. The topological polar surface area (TPSA) is 62.2 Å². The Morgan fingerprint density at radius 2 is 2.12 bits per heavy atom. The van der Waals surface area contributed by atoms with Gasteiger partial charge in [-0.15, -0.1) is 0 Å². The summed E-state index contributed by atoms with van der Waals surface area (Å²) in [6.07, 6.45) is 1.88. The Labute approximate surface area is 140 Å². The zero-order valence-corrected chi connectivity index (χ0v) is 13.6. The quantitative estimate of drug-likeness (QED) is 0.693. The number of para-hydroxylation sites is 1. The Kier molecular flexibility index (Phi) is 4.66. The van der Waals surface area contributed by atoms with Crippen LogP contribution in [0.15, 0.2) is 53.1 Å². The molecule has 5 nitrogen and oxygen atoms in total. The van der Waals surface area contributed by atoms with Crippen molar-refractivity contribution in [1.29, 1.82) is 5.26 Å². The number of nitriles is 1. The molecule has 5 heteroatoms. The van der Waals surface area contributed by atoms with Crippen molar-refractivity contribution in [2.75, 3.05) is 6.54 Å². The van der Waals surface area contributed by atoms with E-state index in [2.05, 4.69) is 6.07 Å². The lowest BCUT2D eigenvalue weighted by Crippen LogP contribution is -2.32. The summed E-state index contributed by atoms with van der Waals surface area (Å²) in [5.74, 6) is 0.625. The largest absolute Gasteiger partial charge is 0.467 e. The second-order valence-corrected chi connectivity index (χ2v) is 5.55. The van der Waals surface area contributed by atoms with E-state index < -0.39 is 0 Å². The Morgan fingerprint density at radius 1 is 1.29 bits per heavy atom. The molecule has 0 saturated carbocycles. The lowest BCUT2D eigenvalue weighted by atomic mass is 10.2. The molecule has 0 spiro atoms. The van der Waals surface area contributed by atoms with Gasteiger partial charge in [-0.2, -0.15) is 5.26 Å². The SMILES string of the molecule is CCn1c(C(=O)N(CCC#N)Cc2ccco2)cc2ccccc21. The van der Waals surface area contributed by atoms with E-state index in [1.807, 2.05) is 47.9 Å². The van der Waals surface area contributed by atoms with Gasteiger partial charge in [-0.05, 0) is 31.2 Å². The second-order valence-electron chi connectivity index (χ2n) is 5.55. The van der Waals surface area contributed by atoms with Crippen LogP contribution in [-0.4, -0.2) is 21.9 Å². The summed E-state index contributed by atoms with van der Waals surface area (Å²) in [4.78, 5) is 14.7. The van der Waals surface area contributed by atoms with Crippen LogP contribution >= 0.6 is 0 Å². The molecule has 122 valence electrons. The smallest absolute Gasteiger partial charge is 0.270 e. The summed E-state index contributed by atoms with van der Waals surface area (Å²) in [6.45, 7) is 3.47. The highest BCUT2D eigenvalue weighted by molar-refractivity contribution is 5.98. The Morgan fingerprint density at radius 3 is 2.83 bits per heavy atom. The zero-order valence-electron chi connectivity index (χ0n) is 13.6. The highest BCUT2D eigenvalue weighted by Gasteiger charge is 2.21. The average Bonchev–Trinajstić information content (AvgIpc) is 3.24. The van der Waals surface area contributed by atoms with Crippen LogP contribution in [0.25, 0.3) is 10.9 Å². The summed E-state index contributed by atoms with van der Waals surface area (Å²) >= 11 is 0. The predicted molar refractivity (Wildman–Crippen MR) is 91.3 cm³/mol. The van der Waals surface area contributed by atoms with Crippen LogP contribution < -0.4 is 0 Å². The van der Waals surface area contributed by atoms with Crippen molar-refractivity contribution in [3.63, 3.8) is 0 Å². The molecule has 2 heterocycles. The molecule has 3 aromatic rings. The predicted octanol–water partition coefficient (Wildman–Crippen LogP) is 3.81. The monoisotopic (exact) mass is 321 g/mol. The molecular weight excluding hydrogens is 302 g/mol. The first-order chi connectivity index (χ1) is 11.7. The van der Waals surface area contributed by atoms with Crippen molar-refractivity contribution in [3.05, 3.63) is 60.2 Å². The summed E-state index contributed by atoms with van der Waals surface area (Å²) in [5.41, 5.74) is 1.68. The molecule has 0 N–H and O–H groups in total. The van der Waals surface area contributed by atoms with Gasteiger partial charge in [-0.1, -0.05) is 18.2 Å². The molecular formula is C19H19N3O2. The van der Waals surface area contributed by atoms with Gasteiger partial charge in [0.15, 0.2) is 0 Å². The number of hydrogen-bond acceptors (Lipinski definition) is 3. The number of benzene rings is 1. The fourth-order valence-electron chi connectivity index (χ4n) is 2.92. The summed E-state index contributed by atoms with van der Waals surface area (Å²) < 4.78 is 7.37. The van der Waals surface area contributed by atoms with Gasteiger partial charge in [-0.25, -0.2) is 0 Å². The molecule has 0 unspecified atom stereocenters. The number of nitrogens with zero attached hydrogens (tertiary/aromatic N) is 3. The molecule has 0 fully saturated rings. The average molecular weight is 321 g/mol. The summed E-state index contributed by atoms with van der Waals surface area (Å²) in [5, 5.41) is 9.93. The van der Waals surface area contributed by atoms with E-state index in [1.165, 1.54) is 0 Å². The van der Waals surface area contributed by atoms with Gasteiger partial charge in [0.05, 0.1) is 25.3 Å². The van der Waals surface area contributed by atoms with Crippen LogP contribution in [-0.2, 0) is 13.1 Å². The first-order valence-electron chi connectivity index (χ1n) is 8.01. The second kappa shape index (κ2) is 7.05. The van der Waals surface area contributed by atoms with Crippen molar-refractivity contribution < 1.29 is 9.21 Å². The molecule has 0 aliphatic rings. The van der Waals surface area contributed by atoms with E-state index in [0.717, 1.165) is 10.9 Å². The number of aromatic nitrogens is 1. The number of fused-ring (bicyclic) bond motifs is 1. The van der Waals surface area contributed by atoms with E-state index in [9.17, 15) is 4.79 Å². The van der Waals surface area contributed by atoms with Crippen molar-refractivity contribution in [2.45, 2.75) is 26.4 Å². The summed E-state index contributed by atoms with van der Waals surface area (Å²) in [7, 11) is 0. The van der Waals surface area contributed by atoms with Gasteiger partial charge in [0.1, 0.15) is 11.5 Å². The third kappa shape index (κ3) is 3.04. The van der Waals surface area contributed by atoms with E-state index in [4.69, 9.17) is 9.68 Å². The van der Waals surface area contributed by atoms with Crippen LogP contribution in [0, 0.1) is 11.3 Å². The van der Waals surface area contributed by atoms with Crippen molar-refractivity contribution in [3.8, 4) is 6.07 Å². The molecule has 0 radical (unpaired) electrons. The van der Waals surface area contributed by atoms with Crippen LogP contribution in [0.1, 0.15) is 29.6 Å². The highest BCUT2D eigenvalue weighted by atomic mass is 16.3. The third-order valence-corrected chi connectivity index (χ3v) is 4.05. The first kappa shape index (κ1) is 15.9. The van der Waals surface area contributed by atoms with Crippen LogP contribution in [0.3, 0.4) is 0 Å². The summed E-state index contributed by atoms with van der Waals surface area (Å²) in [6, 6.07) is 15.6. The Hall–Kier alpha value is -3.00. The number of amides is 1. The van der Waals surface area contributed by atoms with E-state index in [1.54, 1.807) is 17.2 Å². The number of hydrogen-bond donors (Lipinski definition) is 0. The van der Waals surface area contributed by atoms with Crippen LogP contribution in [0.5, 0.6) is 0 Å². The maximum absolute atomic E-state index is 13.1. The van der Waals surface area contributed by atoms with Gasteiger partial charge in [0.2, 0.25) is 0 Å². The molecule has 2 aromatic heterocycles. The van der Waals surface area contributed by atoms with Crippen molar-refractivity contribution >= 4 is 16.8 Å². The van der Waals surface area contributed by atoms with Crippen molar-refractivity contribution in [2.24, 2.45) is 0 Å². The number of carbonyl (C=O) groups is 1. The van der Waals surface area contributed by atoms with E-state index in [-0.39, 0.29) is 5.91 Å². The third-order valence-electron chi connectivity index (χ3n) is 4.05. The minimum Gasteiger partial charge on any atom is -0.467 e. The molecule has 0 saturated heterocycles. The highest BCUT2D eigenvalue weighted by Crippen LogP contribution is 2.22.